The SMILES string of the molecule is O=Cc1cccc(Cl)c1OCO. The Morgan fingerprint density at radius 3 is 2.92 bits per heavy atom. The zero-order valence-electron chi connectivity index (χ0n) is 6.16. The highest BCUT2D eigenvalue weighted by Gasteiger charge is 2.06. The Morgan fingerprint density at radius 2 is 2.33 bits per heavy atom. The van der Waals surface area contributed by atoms with Crippen LogP contribution in [-0.2, 0) is 0 Å². The summed E-state index contributed by atoms with van der Waals surface area (Å²) < 4.78 is 4.75. The zero-order valence-corrected chi connectivity index (χ0v) is 6.91. The van der Waals surface area contributed by atoms with Gasteiger partial charge >= 0.3 is 0 Å². The fourth-order valence-corrected chi connectivity index (χ4v) is 1.07. The molecule has 0 saturated heterocycles. The number of rotatable bonds is 3. The number of benzene rings is 1. The Hall–Kier alpha value is -1.06. The van der Waals surface area contributed by atoms with E-state index < -0.39 is 6.79 Å². The third-order valence-electron chi connectivity index (χ3n) is 1.33. The lowest BCUT2D eigenvalue weighted by Crippen LogP contribution is -1.98. The van der Waals surface area contributed by atoms with Crippen molar-refractivity contribution >= 4 is 17.9 Å². The number of aldehydes is 1. The molecule has 4 heteroatoms. The Kier molecular flexibility index (Phi) is 3.08. The van der Waals surface area contributed by atoms with Gasteiger partial charge in [0, 0.05) is 0 Å². The van der Waals surface area contributed by atoms with Gasteiger partial charge in [-0.25, -0.2) is 0 Å². The number of aliphatic hydroxyl groups excluding tert-OH is 1. The first-order chi connectivity index (χ1) is 5.79. The van der Waals surface area contributed by atoms with Gasteiger partial charge in [0.1, 0.15) is 0 Å². The zero-order chi connectivity index (χ0) is 8.97. The third-order valence-corrected chi connectivity index (χ3v) is 1.63. The predicted octanol–water partition coefficient (Wildman–Crippen LogP) is 1.48. The Labute approximate surface area is 74.5 Å². The second kappa shape index (κ2) is 4.09. The lowest BCUT2D eigenvalue weighted by atomic mass is 10.2. The maximum Gasteiger partial charge on any atom is 0.186 e. The summed E-state index contributed by atoms with van der Waals surface area (Å²) in [5.74, 6) is 0.219. The van der Waals surface area contributed by atoms with Crippen molar-refractivity contribution in [3.63, 3.8) is 0 Å². The summed E-state index contributed by atoms with van der Waals surface area (Å²) in [7, 11) is 0. The number of para-hydroxylation sites is 1. The summed E-state index contributed by atoms with van der Waals surface area (Å²) in [5, 5.41) is 8.78. The van der Waals surface area contributed by atoms with E-state index in [4.69, 9.17) is 21.4 Å². The van der Waals surface area contributed by atoms with Crippen LogP contribution in [0.4, 0.5) is 0 Å². The lowest BCUT2D eigenvalue weighted by Gasteiger charge is -2.05. The van der Waals surface area contributed by atoms with Crippen molar-refractivity contribution in [2.75, 3.05) is 6.79 Å². The molecule has 1 aromatic carbocycles. The maximum absolute atomic E-state index is 10.4. The minimum Gasteiger partial charge on any atom is -0.465 e. The lowest BCUT2D eigenvalue weighted by molar-refractivity contribution is 0.0960. The van der Waals surface area contributed by atoms with Crippen LogP contribution < -0.4 is 4.74 Å². The largest absolute Gasteiger partial charge is 0.465 e. The number of aliphatic hydroxyl groups is 1. The van der Waals surface area contributed by atoms with E-state index in [0.29, 0.717) is 16.9 Å². The molecule has 0 atom stereocenters. The molecule has 3 nitrogen and oxygen atoms in total. The molecule has 64 valence electrons. The summed E-state index contributed by atoms with van der Waals surface area (Å²) in [6, 6.07) is 4.78. The fourth-order valence-electron chi connectivity index (χ4n) is 0.835. The standard InChI is InChI=1S/C8H7ClO3/c9-7-3-1-2-6(4-10)8(7)12-5-11/h1-4,11H,5H2. The maximum atomic E-state index is 10.4. The summed E-state index contributed by atoms with van der Waals surface area (Å²) in [6.45, 7) is -0.495. The van der Waals surface area contributed by atoms with Crippen molar-refractivity contribution in [1.29, 1.82) is 0 Å². The van der Waals surface area contributed by atoms with Gasteiger partial charge in [-0.15, -0.1) is 0 Å². The van der Waals surface area contributed by atoms with Crippen molar-refractivity contribution in [1.82, 2.24) is 0 Å². The molecule has 0 radical (unpaired) electrons. The van der Waals surface area contributed by atoms with Gasteiger partial charge in [0.15, 0.2) is 18.8 Å². The van der Waals surface area contributed by atoms with Crippen LogP contribution in [0.15, 0.2) is 18.2 Å². The van der Waals surface area contributed by atoms with Gasteiger partial charge in [0.25, 0.3) is 0 Å². The van der Waals surface area contributed by atoms with E-state index in [1.807, 2.05) is 0 Å². The molecule has 1 rings (SSSR count). The van der Waals surface area contributed by atoms with Gasteiger partial charge in [0.2, 0.25) is 0 Å². The number of hydrogen-bond acceptors (Lipinski definition) is 3. The molecule has 0 spiro atoms. The van der Waals surface area contributed by atoms with Gasteiger partial charge < -0.3 is 9.84 Å². The van der Waals surface area contributed by atoms with Gasteiger partial charge in [-0.2, -0.15) is 0 Å². The molecule has 1 aromatic rings. The molecule has 0 amide bonds. The van der Waals surface area contributed by atoms with Crippen molar-refractivity contribution in [2.24, 2.45) is 0 Å². The normalized spacial score (nSPS) is 9.50. The summed E-state index contributed by atoms with van der Waals surface area (Å²) >= 11 is 5.69. The molecule has 0 bridgehead atoms. The van der Waals surface area contributed by atoms with Crippen LogP contribution in [0.1, 0.15) is 10.4 Å². The molecule has 0 heterocycles. The first kappa shape index (κ1) is 9.03. The third kappa shape index (κ3) is 1.75. The Morgan fingerprint density at radius 1 is 1.58 bits per heavy atom. The second-order valence-corrected chi connectivity index (χ2v) is 2.46. The van der Waals surface area contributed by atoms with Crippen LogP contribution in [0.5, 0.6) is 5.75 Å². The molecule has 12 heavy (non-hydrogen) atoms. The predicted molar refractivity (Wildman–Crippen MR) is 44.6 cm³/mol. The molecule has 0 aliphatic rings. The van der Waals surface area contributed by atoms with E-state index in [1.54, 1.807) is 18.2 Å². The smallest absolute Gasteiger partial charge is 0.186 e. The van der Waals surface area contributed by atoms with Crippen molar-refractivity contribution in [3.8, 4) is 5.75 Å². The van der Waals surface area contributed by atoms with Crippen LogP contribution in [0, 0.1) is 0 Å². The van der Waals surface area contributed by atoms with E-state index in [-0.39, 0.29) is 5.75 Å². The molecule has 0 fully saturated rings. The van der Waals surface area contributed by atoms with Crippen molar-refractivity contribution < 1.29 is 14.6 Å². The Bertz CT molecular complexity index is 286. The minimum absolute atomic E-state index is 0.219. The van der Waals surface area contributed by atoms with Crippen LogP contribution >= 0.6 is 11.6 Å². The first-order valence-electron chi connectivity index (χ1n) is 3.27. The topological polar surface area (TPSA) is 46.5 Å². The summed E-state index contributed by atoms with van der Waals surface area (Å²) in [4.78, 5) is 10.4. The van der Waals surface area contributed by atoms with Crippen LogP contribution in [-0.4, -0.2) is 18.2 Å². The van der Waals surface area contributed by atoms with Gasteiger partial charge in [-0.3, -0.25) is 4.79 Å². The van der Waals surface area contributed by atoms with Gasteiger partial charge in [0.05, 0.1) is 10.6 Å². The number of hydrogen-bond donors (Lipinski definition) is 1. The molecular formula is C8H7ClO3. The van der Waals surface area contributed by atoms with Crippen LogP contribution in [0.3, 0.4) is 0 Å². The van der Waals surface area contributed by atoms with Crippen LogP contribution in [0.2, 0.25) is 5.02 Å². The first-order valence-corrected chi connectivity index (χ1v) is 3.64. The molecule has 0 saturated carbocycles. The summed E-state index contributed by atoms with van der Waals surface area (Å²) in [6.07, 6.45) is 0.622. The molecule has 1 N–H and O–H groups in total. The highest BCUT2D eigenvalue weighted by molar-refractivity contribution is 6.32. The van der Waals surface area contributed by atoms with Crippen LogP contribution in [0.25, 0.3) is 0 Å². The Balaban J connectivity index is 3.10. The van der Waals surface area contributed by atoms with Crippen molar-refractivity contribution in [3.05, 3.63) is 28.8 Å². The number of carbonyl (C=O) groups excluding carboxylic acids is 1. The molecule has 0 aliphatic heterocycles. The second-order valence-electron chi connectivity index (χ2n) is 2.05. The number of carbonyl (C=O) groups is 1. The summed E-state index contributed by atoms with van der Waals surface area (Å²) in [5.41, 5.74) is 0.330. The highest BCUT2D eigenvalue weighted by atomic mass is 35.5. The van der Waals surface area contributed by atoms with E-state index in [0.717, 1.165) is 0 Å². The van der Waals surface area contributed by atoms with Gasteiger partial charge in [-0.05, 0) is 12.1 Å². The quantitative estimate of drug-likeness (QED) is 0.575. The average Bonchev–Trinajstić information content (AvgIpc) is 2.09. The molecule has 0 unspecified atom stereocenters. The highest BCUT2D eigenvalue weighted by Crippen LogP contribution is 2.26. The molecule has 0 aliphatic carbocycles. The number of halogens is 1. The van der Waals surface area contributed by atoms with Gasteiger partial charge in [-0.1, -0.05) is 17.7 Å². The van der Waals surface area contributed by atoms with Crippen molar-refractivity contribution in [2.45, 2.75) is 0 Å². The molecule has 0 aromatic heterocycles. The van der Waals surface area contributed by atoms with E-state index >= 15 is 0 Å². The minimum atomic E-state index is -0.495. The van der Waals surface area contributed by atoms with E-state index in [1.165, 1.54) is 0 Å². The average molecular weight is 187 g/mol. The van der Waals surface area contributed by atoms with E-state index in [9.17, 15) is 4.79 Å². The molecular weight excluding hydrogens is 180 g/mol. The monoisotopic (exact) mass is 186 g/mol. The number of ether oxygens (including phenoxy) is 1. The fraction of sp³-hybridized carbons (Fsp3) is 0.125. The van der Waals surface area contributed by atoms with E-state index in [2.05, 4.69) is 0 Å².